The number of pyridine rings is 1. The summed E-state index contributed by atoms with van der Waals surface area (Å²) in [6.45, 7) is 10.6. The van der Waals surface area contributed by atoms with E-state index in [1.165, 1.54) is 0 Å². The van der Waals surface area contributed by atoms with Crippen LogP contribution in [-0.4, -0.2) is 57.7 Å². The summed E-state index contributed by atoms with van der Waals surface area (Å²) in [5, 5.41) is 8.26. The molecule has 4 aromatic rings. The van der Waals surface area contributed by atoms with Crippen molar-refractivity contribution in [3.63, 3.8) is 0 Å². The van der Waals surface area contributed by atoms with Crippen molar-refractivity contribution in [3.05, 3.63) is 78.4 Å². The van der Waals surface area contributed by atoms with Crippen LogP contribution in [-0.2, 0) is 4.74 Å². The highest BCUT2D eigenvalue weighted by Gasteiger charge is 2.24. The fourth-order valence-corrected chi connectivity index (χ4v) is 4.36. The maximum atomic E-state index is 12.6. The van der Waals surface area contributed by atoms with Crippen molar-refractivity contribution in [1.82, 2.24) is 25.3 Å². The smallest absolute Gasteiger partial charge is 0.251 e. The molecule has 0 aliphatic carbocycles. The minimum Gasteiger partial charge on any atom is -0.457 e. The Kier molecular flexibility index (Phi) is 7.22. The predicted octanol–water partition coefficient (Wildman–Crippen LogP) is 5.04. The molecule has 1 aliphatic rings. The van der Waals surface area contributed by atoms with E-state index in [4.69, 9.17) is 9.47 Å². The molecule has 0 atom stereocenters. The van der Waals surface area contributed by atoms with Crippen molar-refractivity contribution in [1.29, 1.82) is 0 Å². The molecule has 196 valence electrons. The fourth-order valence-electron chi connectivity index (χ4n) is 4.36. The number of benzene rings is 2. The number of anilines is 2. The number of hydrazine groups is 1. The lowest BCUT2D eigenvalue weighted by Crippen LogP contribution is -2.47. The Morgan fingerprint density at radius 2 is 1.89 bits per heavy atom. The van der Waals surface area contributed by atoms with Crippen LogP contribution in [0, 0.1) is 6.92 Å². The van der Waals surface area contributed by atoms with Gasteiger partial charge in [0.1, 0.15) is 17.8 Å². The lowest BCUT2D eigenvalue weighted by atomic mass is 10.1. The van der Waals surface area contributed by atoms with Crippen molar-refractivity contribution in [2.45, 2.75) is 33.2 Å². The number of rotatable bonds is 6. The van der Waals surface area contributed by atoms with Crippen LogP contribution in [0.1, 0.15) is 36.7 Å². The van der Waals surface area contributed by atoms with Gasteiger partial charge >= 0.3 is 0 Å². The van der Waals surface area contributed by atoms with Gasteiger partial charge < -0.3 is 14.8 Å². The molecule has 2 aromatic heterocycles. The molecule has 1 N–H and O–H groups in total. The number of aromatic nitrogens is 3. The Bertz CT molecular complexity index is 1440. The van der Waals surface area contributed by atoms with Crippen LogP contribution in [0.3, 0.4) is 0 Å². The molecule has 0 unspecified atom stereocenters. The van der Waals surface area contributed by atoms with E-state index in [1.807, 2.05) is 58.0 Å². The van der Waals surface area contributed by atoms with E-state index in [2.05, 4.69) is 36.4 Å². The lowest BCUT2D eigenvalue weighted by Gasteiger charge is -2.38. The maximum Gasteiger partial charge on any atom is 0.251 e. The van der Waals surface area contributed by atoms with Gasteiger partial charge in [-0.2, -0.15) is 0 Å². The van der Waals surface area contributed by atoms with Gasteiger partial charge in [0, 0.05) is 35.8 Å². The molecule has 0 bridgehead atoms. The molecule has 2 aromatic carbocycles. The summed E-state index contributed by atoms with van der Waals surface area (Å²) in [7, 11) is 0. The number of ether oxygens (including phenoxy) is 2. The van der Waals surface area contributed by atoms with Gasteiger partial charge in [-0.1, -0.05) is 6.07 Å². The van der Waals surface area contributed by atoms with E-state index in [9.17, 15) is 4.79 Å². The number of nitrogens with zero attached hydrogens (tertiary/aromatic N) is 5. The van der Waals surface area contributed by atoms with E-state index >= 15 is 0 Å². The number of nitrogens with one attached hydrogen (secondary N) is 1. The average Bonchev–Trinajstić information content (AvgIpc) is 2.90. The summed E-state index contributed by atoms with van der Waals surface area (Å²) in [4.78, 5) is 25.9. The van der Waals surface area contributed by atoms with Gasteiger partial charge in [0.05, 0.1) is 30.6 Å². The SMILES string of the molecule is Cc1cc(N(c2ncnc3cnccc23)N2CCOCC2)ccc1Oc1cccc(C(=O)NC(C)(C)C)c1. The molecule has 1 saturated heterocycles. The van der Waals surface area contributed by atoms with Crippen molar-refractivity contribution < 1.29 is 14.3 Å². The Balaban J connectivity index is 1.46. The number of morpholine rings is 1. The minimum atomic E-state index is -0.321. The number of carbonyl (C=O) groups is 1. The topological polar surface area (TPSA) is 92.7 Å². The first kappa shape index (κ1) is 25.6. The number of aryl methyl sites for hydroxylation is 1. The highest BCUT2D eigenvalue weighted by atomic mass is 16.5. The summed E-state index contributed by atoms with van der Waals surface area (Å²) in [6.07, 6.45) is 5.07. The second-order valence-corrected chi connectivity index (χ2v) is 10.3. The third-order valence-electron chi connectivity index (χ3n) is 6.10. The zero-order valence-corrected chi connectivity index (χ0v) is 22.1. The van der Waals surface area contributed by atoms with E-state index in [0.29, 0.717) is 30.3 Å². The van der Waals surface area contributed by atoms with E-state index in [1.54, 1.807) is 30.9 Å². The monoisotopic (exact) mass is 512 g/mol. The summed E-state index contributed by atoms with van der Waals surface area (Å²) >= 11 is 0. The van der Waals surface area contributed by atoms with Gasteiger partial charge in [-0.15, -0.1) is 0 Å². The van der Waals surface area contributed by atoms with Crippen molar-refractivity contribution in [2.75, 3.05) is 31.3 Å². The molecular formula is C29H32N6O3. The molecule has 0 radical (unpaired) electrons. The van der Waals surface area contributed by atoms with Gasteiger partial charge in [0.15, 0.2) is 5.82 Å². The number of fused-ring (bicyclic) bond motifs is 1. The van der Waals surface area contributed by atoms with E-state index in [0.717, 1.165) is 41.1 Å². The molecule has 1 aliphatic heterocycles. The standard InChI is InChI=1S/C29H32N6O3/c1-20-16-22(8-9-26(20)38-23-7-5-6-21(17-23)28(36)33-29(2,3)4)35(34-12-14-37-15-13-34)27-24-10-11-30-18-25(24)31-19-32-27/h5-11,16-19H,12-15H2,1-4H3,(H,33,36). The van der Waals surface area contributed by atoms with Gasteiger partial charge in [0.2, 0.25) is 0 Å². The van der Waals surface area contributed by atoms with Gasteiger partial charge in [-0.05, 0) is 75.7 Å². The van der Waals surface area contributed by atoms with E-state index < -0.39 is 0 Å². The molecule has 1 fully saturated rings. The number of amides is 1. The van der Waals surface area contributed by atoms with Crippen molar-refractivity contribution in [2.24, 2.45) is 0 Å². The molecule has 0 spiro atoms. The number of hydrogen-bond donors (Lipinski definition) is 1. The quantitative estimate of drug-likeness (QED) is 0.384. The fraction of sp³-hybridized carbons (Fsp3) is 0.310. The van der Waals surface area contributed by atoms with Crippen LogP contribution < -0.4 is 15.1 Å². The third kappa shape index (κ3) is 5.74. The predicted molar refractivity (Wildman–Crippen MR) is 147 cm³/mol. The zero-order chi connectivity index (χ0) is 26.7. The Morgan fingerprint density at radius 1 is 1.08 bits per heavy atom. The van der Waals surface area contributed by atoms with Crippen LogP contribution in [0.4, 0.5) is 11.5 Å². The first-order chi connectivity index (χ1) is 18.3. The summed E-state index contributed by atoms with van der Waals surface area (Å²) < 4.78 is 11.8. The molecule has 1 amide bonds. The van der Waals surface area contributed by atoms with Crippen LogP contribution in [0.2, 0.25) is 0 Å². The lowest BCUT2D eigenvalue weighted by molar-refractivity contribution is 0.0376. The Hall–Kier alpha value is -4.08. The molecule has 9 heteroatoms. The molecule has 38 heavy (non-hydrogen) atoms. The van der Waals surface area contributed by atoms with Crippen LogP contribution in [0.15, 0.2) is 67.3 Å². The van der Waals surface area contributed by atoms with Gasteiger partial charge in [-0.25, -0.2) is 15.0 Å². The first-order valence-electron chi connectivity index (χ1n) is 12.7. The summed E-state index contributed by atoms with van der Waals surface area (Å²) in [5.74, 6) is 1.95. The van der Waals surface area contributed by atoms with Crippen molar-refractivity contribution in [3.8, 4) is 11.5 Å². The highest BCUT2D eigenvalue weighted by Crippen LogP contribution is 2.35. The Morgan fingerprint density at radius 3 is 2.66 bits per heavy atom. The molecule has 3 heterocycles. The normalized spacial score (nSPS) is 14.3. The minimum absolute atomic E-state index is 0.136. The third-order valence-corrected chi connectivity index (χ3v) is 6.10. The maximum absolute atomic E-state index is 12.6. The average molecular weight is 513 g/mol. The first-order valence-corrected chi connectivity index (χ1v) is 12.7. The second-order valence-electron chi connectivity index (χ2n) is 10.3. The second kappa shape index (κ2) is 10.7. The molecule has 9 nitrogen and oxygen atoms in total. The van der Waals surface area contributed by atoms with Gasteiger partial charge in [0.25, 0.3) is 5.91 Å². The van der Waals surface area contributed by atoms with Crippen molar-refractivity contribution >= 4 is 28.3 Å². The highest BCUT2D eigenvalue weighted by molar-refractivity contribution is 5.95. The zero-order valence-electron chi connectivity index (χ0n) is 22.1. The summed E-state index contributed by atoms with van der Waals surface area (Å²) in [5.41, 5.74) is 2.91. The number of carbonyl (C=O) groups excluding carboxylic acids is 1. The van der Waals surface area contributed by atoms with E-state index in [-0.39, 0.29) is 11.4 Å². The van der Waals surface area contributed by atoms with Crippen LogP contribution in [0.25, 0.3) is 10.9 Å². The molecule has 0 saturated carbocycles. The Labute approximate surface area is 222 Å². The number of hydrogen-bond acceptors (Lipinski definition) is 8. The largest absolute Gasteiger partial charge is 0.457 e. The van der Waals surface area contributed by atoms with Crippen LogP contribution >= 0.6 is 0 Å². The van der Waals surface area contributed by atoms with Gasteiger partial charge in [-0.3, -0.25) is 14.8 Å². The summed E-state index contributed by atoms with van der Waals surface area (Å²) in [6, 6.07) is 15.2. The molecular weight excluding hydrogens is 480 g/mol. The van der Waals surface area contributed by atoms with Crippen LogP contribution in [0.5, 0.6) is 11.5 Å². The molecule has 5 rings (SSSR count).